The number of nitrogens with one attached hydrogen (secondary N) is 1. The Bertz CT molecular complexity index is 1380. The molecule has 3 unspecified atom stereocenters. The molecule has 1 saturated carbocycles. The molecule has 2 aliphatic carbocycles. The van der Waals surface area contributed by atoms with Gasteiger partial charge in [-0.3, -0.25) is 9.69 Å². The predicted molar refractivity (Wildman–Crippen MR) is 174 cm³/mol. The average Bonchev–Trinajstić information content (AvgIpc) is 3.58. The van der Waals surface area contributed by atoms with Crippen LogP contribution in [0.15, 0.2) is 24.3 Å². The second kappa shape index (κ2) is 13.6. The average molecular weight is 639 g/mol. The number of likely N-dealkylation sites (tertiary alicyclic amines) is 2. The molecule has 0 radical (unpaired) electrons. The summed E-state index contributed by atoms with van der Waals surface area (Å²) in [6.07, 6.45) is 6.34. The van der Waals surface area contributed by atoms with Crippen molar-refractivity contribution in [2.75, 3.05) is 13.1 Å². The fourth-order valence-electron chi connectivity index (χ4n) is 7.11. The Morgan fingerprint density at radius 3 is 2.22 bits per heavy atom. The van der Waals surface area contributed by atoms with Crippen molar-refractivity contribution in [2.45, 2.75) is 130 Å². The van der Waals surface area contributed by atoms with Gasteiger partial charge in [0, 0.05) is 25.6 Å². The Kier molecular flexibility index (Phi) is 10.4. The Morgan fingerprint density at radius 2 is 1.65 bits per heavy atom. The fraction of sp³-hybridized carbons (Fsp3) is 0.667. The topological polar surface area (TPSA) is 112 Å². The molecular weight excluding hydrogens is 587 g/mol. The lowest BCUT2D eigenvalue weighted by atomic mass is 9.64. The molecule has 46 heavy (non-hydrogen) atoms. The van der Waals surface area contributed by atoms with E-state index in [9.17, 15) is 19.6 Å². The van der Waals surface area contributed by atoms with E-state index in [1.165, 1.54) is 6.07 Å². The van der Waals surface area contributed by atoms with Crippen LogP contribution in [0.2, 0.25) is 0 Å². The molecule has 1 spiro atoms. The number of nitriles is 1. The van der Waals surface area contributed by atoms with Crippen molar-refractivity contribution in [2.24, 2.45) is 11.3 Å². The lowest BCUT2D eigenvalue weighted by molar-refractivity contribution is -0.128. The second-order valence-corrected chi connectivity index (χ2v) is 14.9. The number of piperidine rings is 2. The molecule has 1 aromatic rings. The maximum Gasteiger partial charge on any atom is 0.411 e. The number of ether oxygens (including phenoxy) is 2. The Hall–Kier alpha value is -3.61. The number of hydrogen-bond donors (Lipinski definition) is 1. The van der Waals surface area contributed by atoms with E-state index < -0.39 is 41.1 Å². The van der Waals surface area contributed by atoms with Crippen LogP contribution in [0.25, 0.3) is 5.57 Å². The Labute approximate surface area is 273 Å². The van der Waals surface area contributed by atoms with Gasteiger partial charge in [0.25, 0.3) is 0 Å². The van der Waals surface area contributed by atoms with E-state index in [2.05, 4.69) is 17.5 Å². The van der Waals surface area contributed by atoms with Crippen molar-refractivity contribution < 1.29 is 28.2 Å². The SMILES string of the molecule is CC.CC(C)(C)OC(=O)N1CCC2(C=C(c3ccc(C[C@@H](C#N)NC(=O)C4C5CCC(C5)N4C(=O)OC(C)(C)C)c(F)c3)C2)CC1. The number of rotatable bonds is 5. The third kappa shape index (κ3) is 8.02. The van der Waals surface area contributed by atoms with E-state index in [1.807, 2.05) is 40.7 Å². The van der Waals surface area contributed by atoms with Gasteiger partial charge in [-0.1, -0.05) is 32.1 Å². The minimum absolute atomic E-state index is 0.0189. The summed E-state index contributed by atoms with van der Waals surface area (Å²) in [7, 11) is 0. The van der Waals surface area contributed by atoms with Gasteiger partial charge in [-0.25, -0.2) is 14.0 Å². The molecule has 10 heteroatoms. The highest BCUT2D eigenvalue weighted by Gasteiger charge is 2.52. The molecule has 3 amide bonds. The molecule has 2 heterocycles. The highest BCUT2D eigenvalue weighted by Crippen LogP contribution is 2.51. The summed E-state index contributed by atoms with van der Waals surface area (Å²) >= 11 is 0. The summed E-state index contributed by atoms with van der Waals surface area (Å²) in [5, 5.41) is 12.6. The largest absolute Gasteiger partial charge is 0.444 e. The van der Waals surface area contributed by atoms with E-state index in [0.29, 0.717) is 18.7 Å². The van der Waals surface area contributed by atoms with Crippen molar-refractivity contribution in [1.29, 1.82) is 5.26 Å². The monoisotopic (exact) mass is 638 g/mol. The van der Waals surface area contributed by atoms with Crippen LogP contribution in [0.3, 0.4) is 0 Å². The number of fused-ring (bicyclic) bond motifs is 2. The third-order valence-corrected chi connectivity index (χ3v) is 9.21. The van der Waals surface area contributed by atoms with Crippen LogP contribution in [-0.2, 0) is 20.7 Å². The van der Waals surface area contributed by atoms with Gasteiger partial charge in [0.05, 0.1) is 6.07 Å². The van der Waals surface area contributed by atoms with Crippen molar-refractivity contribution in [3.8, 4) is 6.07 Å². The quantitative estimate of drug-likeness (QED) is 0.372. The second-order valence-electron chi connectivity index (χ2n) is 14.9. The molecule has 9 nitrogen and oxygen atoms in total. The van der Waals surface area contributed by atoms with Crippen LogP contribution in [0.4, 0.5) is 14.0 Å². The minimum atomic E-state index is -0.941. The van der Waals surface area contributed by atoms with E-state index in [1.54, 1.807) is 36.6 Å². The van der Waals surface area contributed by atoms with Gasteiger partial charge in [-0.15, -0.1) is 0 Å². The highest BCUT2D eigenvalue weighted by molar-refractivity contribution is 5.87. The molecule has 2 bridgehead atoms. The molecule has 0 aromatic heterocycles. The van der Waals surface area contributed by atoms with Gasteiger partial charge in [0.15, 0.2) is 0 Å². The molecule has 4 aliphatic rings. The minimum Gasteiger partial charge on any atom is -0.444 e. The first-order valence-corrected chi connectivity index (χ1v) is 16.8. The first-order valence-electron chi connectivity index (χ1n) is 16.8. The maximum atomic E-state index is 15.3. The van der Waals surface area contributed by atoms with Gasteiger partial charge in [-0.05, 0) is 114 Å². The van der Waals surface area contributed by atoms with E-state index >= 15 is 4.39 Å². The van der Waals surface area contributed by atoms with Crippen LogP contribution in [0, 0.1) is 28.5 Å². The number of allylic oxidation sites excluding steroid dienone is 2. The number of halogens is 1. The van der Waals surface area contributed by atoms with Crippen LogP contribution in [0.5, 0.6) is 0 Å². The molecule has 2 aliphatic heterocycles. The summed E-state index contributed by atoms with van der Waals surface area (Å²) < 4.78 is 26.4. The summed E-state index contributed by atoms with van der Waals surface area (Å²) in [4.78, 5) is 42.0. The lowest BCUT2D eigenvalue weighted by Gasteiger charge is -2.46. The van der Waals surface area contributed by atoms with Crippen molar-refractivity contribution >= 4 is 23.7 Å². The fourth-order valence-corrected chi connectivity index (χ4v) is 7.11. The summed E-state index contributed by atoms with van der Waals surface area (Å²) in [6, 6.07) is 5.46. The molecule has 1 N–H and O–H groups in total. The van der Waals surface area contributed by atoms with E-state index in [4.69, 9.17) is 9.47 Å². The number of benzene rings is 1. The maximum absolute atomic E-state index is 15.3. The third-order valence-electron chi connectivity index (χ3n) is 9.21. The molecule has 3 fully saturated rings. The van der Waals surface area contributed by atoms with Crippen LogP contribution < -0.4 is 5.32 Å². The predicted octanol–water partition coefficient (Wildman–Crippen LogP) is 7.00. The normalized spacial score (nSPS) is 23.7. The zero-order valence-electron chi connectivity index (χ0n) is 28.7. The number of amides is 3. The van der Waals surface area contributed by atoms with E-state index in [-0.39, 0.29) is 29.9 Å². The summed E-state index contributed by atoms with van der Waals surface area (Å²) in [5.74, 6) is -0.797. The molecule has 5 rings (SSSR count). The zero-order chi connectivity index (χ0) is 34.0. The summed E-state index contributed by atoms with van der Waals surface area (Å²) in [5.41, 5.74) is 1.03. The first-order chi connectivity index (χ1) is 21.6. The number of hydrogen-bond acceptors (Lipinski definition) is 6. The standard InChI is InChI=1S/C34H45FN4O5.C2H6/c1-32(2,3)43-30(41)38-13-11-34(12-14-38)18-24(19-34)21-7-8-22(27(35)17-21)15-25(20-36)37-29(40)28-23-9-10-26(16-23)39(28)31(42)44-33(4,5)6;1-2/h7-8,17-18,23,25-26,28H,9-16,19H2,1-6H3,(H,37,40);1-2H3/t23?,25-,26?,28?;/m0./s1. The lowest BCUT2D eigenvalue weighted by Crippen LogP contribution is -2.55. The number of carbonyl (C=O) groups is 3. The Balaban J connectivity index is 0.00000235. The van der Waals surface area contributed by atoms with Gasteiger partial charge in [-0.2, -0.15) is 5.26 Å². The zero-order valence-corrected chi connectivity index (χ0v) is 28.7. The van der Waals surface area contributed by atoms with Crippen molar-refractivity contribution in [3.63, 3.8) is 0 Å². The van der Waals surface area contributed by atoms with Crippen LogP contribution in [-0.4, -0.2) is 70.3 Å². The van der Waals surface area contributed by atoms with Crippen molar-refractivity contribution in [1.82, 2.24) is 15.1 Å². The summed E-state index contributed by atoms with van der Waals surface area (Å²) in [6.45, 7) is 16.2. The van der Waals surface area contributed by atoms with Crippen LogP contribution in [0.1, 0.15) is 105 Å². The van der Waals surface area contributed by atoms with Gasteiger partial charge in [0.1, 0.15) is 29.1 Å². The number of nitrogens with zero attached hydrogens (tertiary/aromatic N) is 3. The Morgan fingerprint density at radius 1 is 1.04 bits per heavy atom. The van der Waals surface area contributed by atoms with Gasteiger partial charge < -0.3 is 19.7 Å². The molecule has 252 valence electrons. The molecule has 4 atom stereocenters. The van der Waals surface area contributed by atoms with Crippen molar-refractivity contribution in [3.05, 3.63) is 41.2 Å². The van der Waals surface area contributed by atoms with Gasteiger partial charge in [0.2, 0.25) is 5.91 Å². The van der Waals surface area contributed by atoms with E-state index in [0.717, 1.165) is 49.7 Å². The molecule has 2 saturated heterocycles. The van der Waals surface area contributed by atoms with Crippen LogP contribution >= 0.6 is 0 Å². The molecular formula is C36H51FN4O5. The smallest absolute Gasteiger partial charge is 0.411 e. The van der Waals surface area contributed by atoms with Gasteiger partial charge >= 0.3 is 12.2 Å². The highest BCUT2D eigenvalue weighted by atomic mass is 19.1. The molecule has 1 aromatic carbocycles. The number of carbonyl (C=O) groups excluding carboxylic acids is 3. The first kappa shape index (κ1) is 35.2.